The summed E-state index contributed by atoms with van der Waals surface area (Å²) in [6.45, 7) is 27.4. The minimum absolute atomic E-state index is 0.380. The first-order valence-electron chi connectivity index (χ1n) is 10.0. The van der Waals surface area contributed by atoms with Gasteiger partial charge in [0.05, 0.1) is 0 Å². The second kappa shape index (κ2) is 15.3. The zero-order chi connectivity index (χ0) is 27.4. The molecular formula is C22H41F6OP3Ru. The van der Waals surface area contributed by atoms with Crippen molar-refractivity contribution in [1.29, 1.82) is 0 Å². The van der Waals surface area contributed by atoms with Crippen LogP contribution in [0.4, 0.5) is 25.2 Å². The van der Waals surface area contributed by atoms with Crippen molar-refractivity contribution in [3.63, 3.8) is 0 Å². The van der Waals surface area contributed by atoms with Crippen LogP contribution in [0.1, 0.15) is 48.0 Å². The molecule has 2 aliphatic rings. The molecule has 1 aliphatic heterocycles. The van der Waals surface area contributed by atoms with Crippen molar-refractivity contribution in [1.82, 2.24) is 0 Å². The number of ether oxygens (including phenoxy) is 1. The predicted octanol–water partition coefficient (Wildman–Crippen LogP) is 10.1. The summed E-state index contributed by atoms with van der Waals surface area (Å²) in [6.07, 6.45) is 3.14. The maximum atomic E-state index is 9.87. The van der Waals surface area contributed by atoms with Crippen molar-refractivity contribution in [2.75, 3.05) is 46.6 Å². The third-order valence-electron chi connectivity index (χ3n) is 3.90. The van der Waals surface area contributed by atoms with Gasteiger partial charge in [0.25, 0.3) is 0 Å². The van der Waals surface area contributed by atoms with Crippen molar-refractivity contribution in [3.8, 4) is 0 Å². The molecule has 0 aromatic rings. The molecule has 1 aliphatic carbocycles. The Morgan fingerprint density at radius 2 is 0.879 bits per heavy atom. The third kappa shape index (κ3) is 33.1. The summed E-state index contributed by atoms with van der Waals surface area (Å²) in [5, 5.41) is 0. The van der Waals surface area contributed by atoms with Crippen LogP contribution < -0.4 is 0 Å². The fourth-order valence-corrected chi connectivity index (χ4v) is 2.62. The Balaban J connectivity index is -0.000000358. The van der Waals surface area contributed by atoms with E-state index in [0.717, 1.165) is 17.3 Å². The van der Waals surface area contributed by atoms with E-state index in [4.69, 9.17) is 4.74 Å². The summed E-state index contributed by atoms with van der Waals surface area (Å²) in [6, 6.07) is 0. The van der Waals surface area contributed by atoms with Crippen LogP contribution in [0.25, 0.3) is 0 Å². The van der Waals surface area contributed by atoms with E-state index < -0.39 is 7.81 Å². The molecule has 0 unspecified atom stereocenters. The van der Waals surface area contributed by atoms with Crippen LogP contribution in [-0.4, -0.2) is 50.9 Å². The Labute approximate surface area is 211 Å². The van der Waals surface area contributed by atoms with Gasteiger partial charge in [-0.2, -0.15) is 0 Å². The van der Waals surface area contributed by atoms with Crippen LogP contribution >= 0.6 is 23.7 Å². The average Bonchev–Trinajstić information content (AvgIpc) is 2.69. The quantitative estimate of drug-likeness (QED) is 0.147. The van der Waals surface area contributed by atoms with Gasteiger partial charge >= 0.3 is 91.5 Å². The third-order valence-corrected chi connectivity index (χ3v) is 4.40. The molecule has 11 heteroatoms. The molecule has 0 aromatic heterocycles. The standard InChI is InChI=1S/C10H15.C6H8O.2C3H9P.F6P.Ru/c1-6-7(2)9(4)10(5)8(6)3;1-6-2-4-7-5-3-6;2*1-4(2)3;1-7(2,3,4,5)6;/h1-5H3;2H,3,5H2,1H3;2*1-3H3;;/q;;;;-1;+1. The summed E-state index contributed by atoms with van der Waals surface area (Å²) in [4.78, 5) is 0. The normalized spacial score (nSPS) is 20.7. The molecule has 0 N–H and O–H groups in total. The summed E-state index contributed by atoms with van der Waals surface area (Å²) in [7, 11) is -9.90. The van der Waals surface area contributed by atoms with E-state index in [1.54, 1.807) is 0 Å². The molecule has 0 bridgehead atoms. The Morgan fingerprint density at radius 3 is 1.00 bits per heavy atom. The molecule has 1 saturated carbocycles. The van der Waals surface area contributed by atoms with E-state index in [0.29, 0.717) is 15.8 Å². The second-order valence-corrected chi connectivity index (χ2v) is 16.8. The average molecular weight is 630 g/mol. The first-order chi connectivity index (χ1) is 14.3. The van der Waals surface area contributed by atoms with Crippen molar-refractivity contribution in [2.45, 2.75) is 48.0 Å². The molecule has 200 valence electrons. The van der Waals surface area contributed by atoms with E-state index in [1.165, 1.54) is 35.2 Å². The SMILES string of the molecule is CC1=C[C](=[Ru+])OCC1.CP(C)C.CP(C)C.C[C]1[C](C)[C](C)[C](C)[C]1C.F[P-](F)(F)(F)(F)F. The molecule has 0 aromatic carbocycles. The Hall–Kier alpha value is 1.06. The van der Waals surface area contributed by atoms with E-state index in [1.807, 2.05) is 0 Å². The molecule has 1 nitrogen and oxygen atoms in total. The first kappa shape index (κ1) is 38.6. The van der Waals surface area contributed by atoms with Crippen molar-refractivity contribution in [2.24, 2.45) is 0 Å². The van der Waals surface area contributed by atoms with Gasteiger partial charge in [-0.05, 0) is 69.6 Å². The van der Waals surface area contributed by atoms with Crippen molar-refractivity contribution >= 4 is 27.9 Å². The number of hydrogen-bond acceptors (Lipinski definition) is 1. The fraction of sp³-hybridized carbons (Fsp3) is 0.636. The first-order valence-corrected chi connectivity index (χ1v) is 18.3. The topological polar surface area (TPSA) is 9.23 Å². The van der Waals surface area contributed by atoms with Gasteiger partial charge in [-0.3, -0.25) is 0 Å². The number of hydrogen-bond donors (Lipinski definition) is 0. The maximum absolute atomic E-state index is 10.7. The van der Waals surface area contributed by atoms with Gasteiger partial charge in [0.1, 0.15) is 0 Å². The summed E-state index contributed by atoms with van der Waals surface area (Å²) in [5.74, 6) is 7.34. The van der Waals surface area contributed by atoms with Gasteiger partial charge < -0.3 is 0 Å². The molecule has 2 rings (SSSR count). The van der Waals surface area contributed by atoms with Gasteiger partial charge in [0, 0.05) is 0 Å². The summed E-state index contributed by atoms with van der Waals surface area (Å²) in [5.41, 5.74) is 1.41. The number of rotatable bonds is 0. The van der Waals surface area contributed by atoms with Gasteiger partial charge in [0.2, 0.25) is 0 Å². The van der Waals surface area contributed by atoms with Crippen LogP contribution in [0, 0.1) is 29.6 Å². The molecule has 33 heavy (non-hydrogen) atoms. The van der Waals surface area contributed by atoms with Crippen molar-refractivity contribution < 1.29 is 47.8 Å². The Bertz CT molecular complexity index is 526. The molecular weight excluding hydrogens is 588 g/mol. The summed E-state index contributed by atoms with van der Waals surface area (Å²) < 4.78 is 65.3. The van der Waals surface area contributed by atoms with Crippen LogP contribution in [0.3, 0.4) is 0 Å². The van der Waals surface area contributed by atoms with Crippen LogP contribution in [0.5, 0.6) is 0 Å². The van der Waals surface area contributed by atoms with Crippen molar-refractivity contribution in [3.05, 3.63) is 41.2 Å². The second-order valence-electron chi connectivity index (χ2n) is 8.65. The van der Waals surface area contributed by atoms with Gasteiger partial charge in [-0.1, -0.05) is 34.6 Å². The van der Waals surface area contributed by atoms with E-state index in [2.05, 4.69) is 105 Å². The van der Waals surface area contributed by atoms with Crippen LogP contribution in [0.15, 0.2) is 11.6 Å². The van der Waals surface area contributed by atoms with Crippen LogP contribution in [0.2, 0.25) is 0 Å². The molecule has 0 atom stereocenters. The number of halogens is 6. The molecule has 0 spiro atoms. The molecule has 1 fully saturated rings. The monoisotopic (exact) mass is 630 g/mol. The predicted molar refractivity (Wildman–Crippen MR) is 137 cm³/mol. The molecule has 0 saturated heterocycles. The molecule has 5 radical (unpaired) electrons. The Kier molecular flexibility index (Phi) is 17.9. The zero-order valence-corrected chi connectivity index (χ0v) is 26.3. The van der Waals surface area contributed by atoms with Gasteiger partial charge in [-0.25, -0.2) is 0 Å². The molecule has 1 heterocycles. The van der Waals surface area contributed by atoms with Gasteiger partial charge in [0.15, 0.2) is 0 Å². The minimum atomic E-state index is -10.7. The van der Waals surface area contributed by atoms with E-state index in [-0.39, 0.29) is 0 Å². The Morgan fingerprint density at radius 1 is 0.667 bits per heavy atom. The van der Waals surface area contributed by atoms with Gasteiger partial charge in [-0.15, -0.1) is 15.8 Å². The molecule has 0 amide bonds. The van der Waals surface area contributed by atoms with E-state index in [9.17, 15) is 25.2 Å². The fourth-order valence-electron chi connectivity index (χ4n) is 2.01. The van der Waals surface area contributed by atoms with Crippen LogP contribution in [-0.2, 0) is 22.6 Å². The van der Waals surface area contributed by atoms with E-state index >= 15 is 0 Å². The summed E-state index contributed by atoms with van der Waals surface area (Å²) >= 11 is 2.46. The zero-order valence-electron chi connectivity index (χ0n) is 21.9.